The number of fused-ring (bicyclic) bond motifs is 4. The van der Waals surface area contributed by atoms with E-state index in [-0.39, 0.29) is 18.1 Å². The predicted octanol–water partition coefficient (Wildman–Crippen LogP) is 3.23. The molecule has 0 saturated carbocycles. The Kier molecular flexibility index (Phi) is 3.83. The SMILES string of the molecule is CN1C(=O)[C@@H]2C[C@@H](CN2Cc2ccnc3ccccc23)Oc2ccccc21. The summed E-state index contributed by atoms with van der Waals surface area (Å²) in [5.41, 5.74) is 3.02. The summed E-state index contributed by atoms with van der Waals surface area (Å²) in [5.74, 6) is 0.916. The monoisotopic (exact) mass is 359 g/mol. The van der Waals surface area contributed by atoms with Crippen LogP contribution in [0.5, 0.6) is 5.75 Å². The van der Waals surface area contributed by atoms with Crippen LogP contribution in [0.3, 0.4) is 0 Å². The summed E-state index contributed by atoms with van der Waals surface area (Å²) in [7, 11) is 1.84. The Morgan fingerprint density at radius 2 is 1.93 bits per heavy atom. The molecule has 5 nitrogen and oxygen atoms in total. The molecule has 2 bridgehead atoms. The van der Waals surface area contributed by atoms with Crippen molar-refractivity contribution in [2.24, 2.45) is 0 Å². The Labute approximate surface area is 158 Å². The smallest absolute Gasteiger partial charge is 0.244 e. The molecule has 0 aliphatic carbocycles. The summed E-state index contributed by atoms with van der Waals surface area (Å²) in [4.78, 5) is 21.6. The predicted molar refractivity (Wildman–Crippen MR) is 105 cm³/mol. The van der Waals surface area contributed by atoms with Crippen molar-refractivity contribution in [2.45, 2.75) is 25.1 Å². The Balaban J connectivity index is 1.49. The molecule has 2 aromatic carbocycles. The van der Waals surface area contributed by atoms with Crippen molar-refractivity contribution >= 4 is 22.5 Å². The molecule has 1 amide bonds. The van der Waals surface area contributed by atoms with Gasteiger partial charge in [0.15, 0.2) is 0 Å². The van der Waals surface area contributed by atoms with E-state index >= 15 is 0 Å². The van der Waals surface area contributed by atoms with Crippen LogP contribution >= 0.6 is 0 Å². The van der Waals surface area contributed by atoms with E-state index in [1.165, 1.54) is 5.56 Å². The number of amides is 1. The zero-order valence-corrected chi connectivity index (χ0v) is 15.2. The van der Waals surface area contributed by atoms with Gasteiger partial charge >= 0.3 is 0 Å². The minimum absolute atomic E-state index is 0.0295. The molecule has 0 spiro atoms. The van der Waals surface area contributed by atoms with E-state index in [0.717, 1.165) is 35.3 Å². The maximum atomic E-state index is 13.2. The molecule has 5 rings (SSSR count). The molecule has 0 N–H and O–H groups in total. The number of hydrogen-bond acceptors (Lipinski definition) is 4. The number of carbonyl (C=O) groups is 1. The number of likely N-dealkylation sites (tertiary alicyclic amines) is 1. The topological polar surface area (TPSA) is 45.7 Å². The van der Waals surface area contributed by atoms with Crippen molar-refractivity contribution in [3.05, 3.63) is 66.4 Å². The molecule has 0 unspecified atom stereocenters. The van der Waals surface area contributed by atoms with Gasteiger partial charge in [-0.15, -0.1) is 0 Å². The second-order valence-electron chi connectivity index (χ2n) is 7.27. The number of para-hydroxylation sites is 3. The van der Waals surface area contributed by atoms with Crippen molar-refractivity contribution in [2.75, 3.05) is 18.5 Å². The van der Waals surface area contributed by atoms with Crippen LogP contribution in [-0.4, -0.2) is 41.5 Å². The second-order valence-corrected chi connectivity index (χ2v) is 7.27. The first-order valence-corrected chi connectivity index (χ1v) is 9.30. The third-order valence-corrected chi connectivity index (χ3v) is 5.61. The van der Waals surface area contributed by atoms with Crippen LogP contribution in [-0.2, 0) is 11.3 Å². The van der Waals surface area contributed by atoms with Gasteiger partial charge in [0.05, 0.1) is 17.2 Å². The highest BCUT2D eigenvalue weighted by Crippen LogP contribution is 2.36. The summed E-state index contributed by atoms with van der Waals surface area (Å²) in [6, 6.07) is 17.8. The van der Waals surface area contributed by atoms with E-state index in [9.17, 15) is 4.79 Å². The van der Waals surface area contributed by atoms with Gasteiger partial charge in [-0.1, -0.05) is 30.3 Å². The number of likely N-dealkylation sites (N-methyl/N-ethyl adjacent to an activating group) is 1. The molecule has 2 atom stereocenters. The number of nitrogens with zero attached hydrogens (tertiary/aromatic N) is 3. The van der Waals surface area contributed by atoms with Gasteiger partial charge in [0.2, 0.25) is 5.91 Å². The van der Waals surface area contributed by atoms with E-state index in [1.807, 2.05) is 55.7 Å². The molecule has 3 aromatic rings. The molecule has 2 aliphatic rings. The molecule has 2 aliphatic heterocycles. The van der Waals surface area contributed by atoms with Crippen LogP contribution in [0, 0.1) is 0 Å². The fourth-order valence-electron chi connectivity index (χ4n) is 4.25. The summed E-state index contributed by atoms with van der Waals surface area (Å²) in [5, 5.41) is 1.14. The van der Waals surface area contributed by atoms with E-state index in [1.54, 1.807) is 4.90 Å². The number of ether oxygens (including phenoxy) is 1. The Morgan fingerprint density at radius 1 is 1.11 bits per heavy atom. The molecule has 1 aromatic heterocycles. The summed E-state index contributed by atoms with van der Waals surface area (Å²) in [6.07, 6.45) is 2.60. The van der Waals surface area contributed by atoms with Gasteiger partial charge in [-0.05, 0) is 29.8 Å². The average molecular weight is 359 g/mol. The Hall–Kier alpha value is -2.92. The van der Waals surface area contributed by atoms with Crippen LogP contribution in [0.4, 0.5) is 5.69 Å². The average Bonchev–Trinajstić information content (AvgIpc) is 3.10. The lowest BCUT2D eigenvalue weighted by molar-refractivity contribution is -0.122. The minimum Gasteiger partial charge on any atom is -0.487 e. The van der Waals surface area contributed by atoms with Gasteiger partial charge in [-0.25, -0.2) is 0 Å². The van der Waals surface area contributed by atoms with E-state index in [0.29, 0.717) is 6.54 Å². The van der Waals surface area contributed by atoms with E-state index < -0.39 is 0 Å². The van der Waals surface area contributed by atoms with Crippen molar-refractivity contribution < 1.29 is 9.53 Å². The van der Waals surface area contributed by atoms with Crippen LogP contribution in [0.2, 0.25) is 0 Å². The molecule has 5 heteroatoms. The molecule has 1 saturated heterocycles. The van der Waals surface area contributed by atoms with Gasteiger partial charge in [0, 0.05) is 38.1 Å². The lowest BCUT2D eigenvalue weighted by atomic mass is 10.1. The number of rotatable bonds is 2. The van der Waals surface area contributed by atoms with Gasteiger partial charge in [-0.2, -0.15) is 0 Å². The summed E-state index contributed by atoms with van der Waals surface area (Å²) < 4.78 is 6.25. The molecule has 3 heterocycles. The third-order valence-electron chi connectivity index (χ3n) is 5.61. The van der Waals surface area contributed by atoms with Gasteiger partial charge < -0.3 is 9.64 Å². The third kappa shape index (κ3) is 2.75. The van der Waals surface area contributed by atoms with Crippen LogP contribution in [0.25, 0.3) is 10.9 Å². The first-order valence-electron chi connectivity index (χ1n) is 9.30. The zero-order chi connectivity index (χ0) is 18.4. The van der Waals surface area contributed by atoms with Crippen molar-refractivity contribution in [1.82, 2.24) is 9.88 Å². The quantitative estimate of drug-likeness (QED) is 0.705. The highest BCUT2D eigenvalue weighted by atomic mass is 16.5. The first-order chi connectivity index (χ1) is 13.2. The lowest BCUT2D eigenvalue weighted by Crippen LogP contribution is -2.44. The van der Waals surface area contributed by atoms with Gasteiger partial charge in [0.25, 0.3) is 0 Å². The highest BCUT2D eigenvalue weighted by molar-refractivity contribution is 5.98. The molecule has 1 fully saturated rings. The summed E-state index contributed by atoms with van der Waals surface area (Å²) in [6.45, 7) is 1.46. The minimum atomic E-state index is -0.166. The standard InChI is InChI=1S/C22H21N3O2/c1-24-19-8-4-5-9-21(19)27-16-12-20(22(24)26)25(14-16)13-15-10-11-23-18-7-3-2-6-17(15)18/h2-11,16,20H,12-14H2,1H3/t16-,20-/m0/s1. The Morgan fingerprint density at radius 3 is 2.85 bits per heavy atom. The Bertz CT molecular complexity index is 1010. The molecule has 136 valence electrons. The normalized spacial score (nSPS) is 22.3. The van der Waals surface area contributed by atoms with Crippen LogP contribution in [0.1, 0.15) is 12.0 Å². The molecule has 27 heavy (non-hydrogen) atoms. The maximum absolute atomic E-state index is 13.2. The number of carbonyl (C=O) groups excluding carboxylic acids is 1. The van der Waals surface area contributed by atoms with Crippen LogP contribution in [0.15, 0.2) is 60.8 Å². The number of aromatic nitrogens is 1. The number of pyridine rings is 1. The summed E-state index contributed by atoms with van der Waals surface area (Å²) >= 11 is 0. The van der Waals surface area contributed by atoms with E-state index in [4.69, 9.17) is 4.74 Å². The maximum Gasteiger partial charge on any atom is 0.244 e. The number of hydrogen-bond donors (Lipinski definition) is 0. The zero-order valence-electron chi connectivity index (χ0n) is 15.2. The molecular weight excluding hydrogens is 338 g/mol. The molecular formula is C22H21N3O2. The second kappa shape index (κ2) is 6.35. The fourth-order valence-corrected chi connectivity index (χ4v) is 4.25. The number of benzene rings is 2. The van der Waals surface area contributed by atoms with Crippen molar-refractivity contribution in [3.63, 3.8) is 0 Å². The fraction of sp³-hybridized carbons (Fsp3) is 0.273. The number of anilines is 1. The van der Waals surface area contributed by atoms with E-state index in [2.05, 4.69) is 22.0 Å². The van der Waals surface area contributed by atoms with Crippen LogP contribution < -0.4 is 9.64 Å². The molecule has 0 radical (unpaired) electrons. The highest BCUT2D eigenvalue weighted by Gasteiger charge is 2.41. The largest absolute Gasteiger partial charge is 0.487 e. The van der Waals surface area contributed by atoms with Gasteiger partial charge in [-0.3, -0.25) is 14.7 Å². The lowest BCUT2D eigenvalue weighted by Gasteiger charge is -2.29. The van der Waals surface area contributed by atoms with Crippen molar-refractivity contribution in [1.29, 1.82) is 0 Å². The first kappa shape index (κ1) is 16.3. The van der Waals surface area contributed by atoms with Gasteiger partial charge in [0.1, 0.15) is 11.9 Å². The van der Waals surface area contributed by atoms with Crippen molar-refractivity contribution in [3.8, 4) is 5.75 Å².